The summed E-state index contributed by atoms with van der Waals surface area (Å²) >= 11 is 0. The molecule has 0 radical (unpaired) electrons. The van der Waals surface area contributed by atoms with Crippen LogP contribution in [-0.2, 0) is 19.0 Å². The second kappa shape index (κ2) is 6.58. The summed E-state index contributed by atoms with van der Waals surface area (Å²) in [5, 5.41) is 0. The summed E-state index contributed by atoms with van der Waals surface area (Å²) in [7, 11) is 0. The summed E-state index contributed by atoms with van der Waals surface area (Å²) in [5.41, 5.74) is 0.378. The molecule has 0 aliphatic carbocycles. The third-order valence-electron chi connectivity index (χ3n) is 2.23. The number of hydrogen-bond donors (Lipinski definition) is 0. The van der Waals surface area contributed by atoms with Gasteiger partial charge in [0.05, 0.1) is 24.9 Å². The van der Waals surface area contributed by atoms with Crippen molar-refractivity contribution in [2.75, 3.05) is 26.4 Å². The first-order valence-electron chi connectivity index (χ1n) is 5.28. The van der Waals surface area contributed by atoms with Crippen LogP contribution in [-0.4, -0.2) is 38.5 Å². The SMILES string of the molecule is C=C(COC1CCOCC1)C(=O)OCC. The minimum atomic E-state index is -0.371. The summed E-state index contributed by atoms with van der Waals surface area (Å²) in [6.45, 7) is 7.48. The Morgan fingerprint density at radius 1 is 1.47 bits per heavy atom. The van der Waals surface area contributed by atoms with Crippen LogP contribution in [0.3, 0.4) is 0 Å². The molecule has 86 valence electrons. The average molecular weight is 214 g/mol. The quantitative estimate of drug-likeness (QED) is 0.511. The van der Waals surface area contributed by atoms with Gasteiger partial charge < -0.3 is 14.2 Å². The minimum absolute atomic E-state index is 0.185. The number of esters is 1. The van der Waals surface area contributed by atoms with E-state index in [1.54, 1.807) is 6.92 Å². The molecule has 1 saturated heterocycles. The van der Waals surface area contributed by atoms with Crippen molar-refractivity contribution in [3.05, 3.63) is 12.2 Å². The van der Waals surface area contributed by atoms with Gasteiger partial charge in [-0.25, -0.2) is 4.79 Å². The molecule has 0 bridgehead atoms. The fourth-order valence-electron chi connectivity index (χ4n) is 1.35. The largest absolute Gasteiger partial charge is 0.463 e. The molecule has 1 aliphatic heterocycles. The molecule has 4 heteroatoms. The lowest BCUT2D eigenvalue weighted by Crippen LogP contribution is -2.25. The Morgan fingerprint density at radius 3 is 2.73 bits per heavy atom. The molecule has 1 fully saturated rings. The molecule has 0 unspecified atom stereocenters. The van der Waals surface area contributed by atoms with Crippen molar-refractivity contribution in [2.24, 2.45) is 0 Å². The Labute approximate surface area is 90.2 Å². The monoisotopic (exact) mass is 214 g/mol. The van der Waals surface area contributed by atoms with Crippen molar-refractivity contribution in [1.82, 2.24) is 0 Å². The molecule has 0 aromatic heterocycles. The highest BCUT2D eigenvalue weighted by Gasteiger charge is 2.16. The number of rotatable bonds is 5. The zero-order valence-electron chi connectivity index (χ0n) is 9.16. The van der Waals surface area contributed by atoms with Gasteiger partial charge in [-0.3, -0.25) is 0 Å². The molecule has 1 heterocycles. The van der Waals surface area contributed by atoms with Gasteiger partial charge in [0.15, 0.2) is 0 Å². The van der Waals surface area contributed by atoms with E-state index in [1.165, 1.54) is 0 Å². The van der Waals surface area contributed by atoms with E-state index in [9.17, 15) is 4.79 Å². The van der Waals surface area contributed by atoms with E-state index in [0.29, 0.717) is 12.2 Å². The molecular weight excluding hydrogens is 196 g/mol. The highest BCUT2D eigenvalue weighted by Crippen LogP contribution is 2.11. The minimum Gasteiger partial charge on any atom is -0.463 e. The van der Waals surface area contributed by atoms with Crippen LogP contribution in [0, 0.1) is 0 Å². The third-order valence-corrected chi connectivity index (χ3v) is 2.23. The Morgan fingerprint density at radius 2 is 2.13 bits per heavy atom. The van der Waals surface area contributed by atoms with E-state index >= 15 is 0 Å². The lowest BCUT2D eigenvalue weighted by molar-refractivity contribution is -0.139. The van der Waals surface area contributed by atoms with Crippen LogP contribution in [0.15, 0.2) is 12.2 Å². The maximum Gasteiger partial charge on any atom is 0.335 e. The number of ether oxygens (including phenoxy) is 3. The summed E-state index contributed by atoms with van der Waals surface area (Å²) < 4.78 is 15.5. The van der Waals surface area contributed by atoms with Crippen LogP contribution >= 0.6 is 0 Å². The number of hydrogen-bond acceptors (Lipinski definition) is 4. The molecule has 1 rings (SSSR count). The van der Waals surface area contributed by atoms with Crippen LogP contribution in [0.1, 0.15) is 19.8 Å². The standard InChI is InChI=1S/C11H18O4/c1-3-14-11(12)9(2)8-15-10-4-6-13-7-5-10/h10H,2-8H2,1H3. The summed E-state index contributed by atoms with van der Waals surface area (Å²) in [5.74, 6) is -0.371. The van der Waals surface area contributed by atoms with Gasteiger partial charge in [0.25, 0.3) is 0 Å². The van der Waals surface area contributed by atoms with Gasteiger partial charge in [0, 0.05) is 13.2 Å². The average Bonchev–Trinajstić information content (AvgIpc) is 2.27. The van der Waals surface area contributed by atoms with E-state index in [2.05, 4.69) is 6.58 Å². The van der Waals surface area contributed by atoms with Gasteiger partial charge in [0.1, 0.15) is 0 Å². The first-order chi connectivity index (χ1) is 7.24. The van der Waals surface area contributed by atoms with Crippen LogP contribution in [0.25, 0.3) is 0 Å². The van der Waals surface area contributed by atoms with Crippen molar-refractivity contribution in [3.63, 3.8) is 0 Å². The summed E-state index contributed by atoms with van der Waals surface area (Å²) in [4.78, 5) is 11.2. The topological polar surface area (TPSA) is 44.8 Å². The highest BCUT2D eigenvalue weighted by atomic mass is 16.5. The summed E-state index contributed by atoms with van der Waals surface area (Å²) in [6, 6.07) is 0. The van der Waals surface area contributed by atoms with E-state index in [4.69, 9.17) is 14.2 Å². The lowest BCUT2D eigenvalue weighted by Gasteiger charge is -2.22. The van der Waals surface area contributed by atoms with E-state index in [1.807, 2.05) is 0 Å². The predicted molar refractivity (Wildman–Crippen MR) is 55.6 cm³/mol. The first kappa shape index (κ1) is 12.2. The third kappa shape index (κ3) is 4.44. The smallest absolute Gasteiger partial charge is 0.335 e. The summed E-state index contributed by atoms with van der Waals surface area (Å²) in [6.07, 6.45) is 1.96. The van der Waals surface area contributed by atoms with Crippen LogP contribution < -0.4 is 0 Å². The van der Waals surface area contributed by atoms with E-state index in [-0.39, 0.29) is 18.7 Å². The van der Waals surface area contributed by atoms with Crippen molar-refractivity contribution in [2.45, 2.75) is 25.9 Å². The van der Waals surface area contributed by atoms with Gasteiger partial charge in [-0.05, 0) is 19.8 Å². The molecule has 0 aromatic rings. The Balaban J connectivity index is 2.17. The van der Waals surface area contributed by atoms with Crippen LogP contribution in [0.5, 0.6) is 0 Å². The second-order valence-corrected chi connectivity index (χ2v) is 3.45. The molecule has 0 amide bonds. The van der Waals surface area contributed by atoms with Crippen LogP contribution in [0.4, 0.5) is 0 Å². The number of carbonyl (C=O) groups excluding carboxylic acids is 1. The Bertz CT molecular complexity index is 219. The van der Waals surface area contributed by atoms with Crippen LogP contribution in [0.2, 0.25) is 0 Å². The molecule has 0 saturated carbocycles. The zero-order chi connectivity index (χ0) is 11.1. The maximum atomic E-state index is 11.2. The van der Waals surface area contributed by atoms with Gasteiger partial charge >= 0.3 is 5.97 Å². The molecule has 15 heavy (non-hydrogen) atoms. The van der Waals surface area contributed by atoms with Gasteiger partial charge in [0.2, 0.25) is 0 Å². The zero-order valence-corrected chi connectivity index (χ0v) is 9.16. The Hall–Kier alpha value is -0.870. The van der Waals surface area contributed by atoms with Crippen molar-refractivity contribution in [1.29, 1.82) is 0 Å². The van der Waals surface area contributed by atoms with Gasteiger partial charge in [-0.15, -0.1) is 0 Å². The molecule has 0 N–H and O–H groups in total. The van der Waals surface area contributed by atoms with Gasteiger partial charge in [-0.2, -0.15) is 0 Å². The van der Waals surface area contributed by atoms with Crippen molar-refractivity contribution in [3.8, 4) is 0 Å². The van der Waals surface area contributed by atoms with Crippen molar-refractivity contribution < 1.29 is 19.0 Å². The van der Waals surface area contributed by atoms with E-state index in [0.717, 1.165) is 26.1 Å². The highest BCUT2D eigenvalue weighted by molar-refractivity contribution is 5.87. The fourth-order valence-corrected chi connectivity index (χ4v) is 1.35. The predicted octanol–water partition coefficient (Wildman–Crippen LogP) is 1.30. The molecule has 1 aliphatic rings. The molecule has 4 nitrogen and oxygen atoms in total. The fraction of sp³-hybridized carbons (Fsp3) is 0.727. The molecule has 0 aromatic carbocycles. The molecule has 0 atom stereocenters. The van der Waals surface area contributed by atoms with Crippen molar-refractivity contribution >= 4 is 5.97 Å². The van der Waals surface area contributed by atoms with E-state index < -0.39 is 0 Å². The molecule has 0 spiro atoms. The normalized spacial score (nSPS) is 17.4. The lowest BCUT2D eigenvalue weighted by atomic mass is 10.1. The Kier molecular flexibility index (Phi) is 5.36. The van der Waals surface area contributed by atoms with Gasteiger partial charge in [-0.1, -0.05) is 6.58 Å². The number of carbonyl (C=O) groups is 1. The molecular formula is C11H18O4. The maximum absolute atomic E-state index is 11.2. The first-order valence-corrected chi connectivity index (χ1v) is 5.28. The second-order valence-electron chi connectivity index (χ2n) is 3.45.